The molecule has 0 unspecified atom stereocenters. The Hall–Kier alpha value is -2.05. The van der Waals surface area contributed by atoms with Crippen molar-refractivity contribution >= 4 is 11.8 Å². The molecule has 0 bridgehead atoms. The van der Waals surface area contributed by atoms with Gasteiger partial charge in [0, 0.05) is 25.1 Å². The van der Waals surface area contributed by atoms with Gasteiger partial charge in [-0.05, 0) is 30.2 Å². The van der Waals surface area contributed by atoms with Crippen molar-refractivity contribution in [3.8, 4) is 0 Å². The molecule has 2 rings (SSSR count). The molecule has 114 valence electrons. The number of carbonyl (C=O) groups is 2. The summed E-state index contributed by atoms with van der Waals surface area (Å²) in [5.41, 5.74) is 0.253. The number of likely N-dealkylation sites (tertiary alicyclic amines) is 1. The second-order valence-corrected chi connectivity index (χ2v) is 4.98. The largest absolute Gasteiger partial charge is 0.343 e. The molecule has 1 aromatic carbocycles. The first-order chi connectivity index (χ1) is 9.95. The van der Waals surface area contributed by atoms with E-state index in [2.05, 4.69) is 5.32 Å². The van der Waals surface area contributed by atoms with Crippen molar-refractivity contribution in [1.82, 2.24) is 10.2 Å². The van der Waals surface area contributed by atoms with Gasteiger partial charge < -0.3 is 10.2 Å². The number of nitrogens with one attached hydrogen (secondary N) is 1. The number of carbonyl (C=O) groups excluding carboxylic acids is 2. The Morgan fingerprint density at radius 2 is 1.86 bits per heavy atom. The summed E-state index contributed by atoms with van der Waals surface area (Å²) in [6, 6.07) is 4.94. The Morgan fingerprint density at radius 1 is 1.24 bits per heavy atom. The highest BCUT2D eigenvalue weighted by atomic mass is 19.3. The van der Waals surface area contributed by atoms with E-state index in [4.69, 9.17) is 0 Å². The molecular weight excluding hydrogens is 285 g/mol. The third-order valence-electron chi connectivity index (χ3n) is 3.33. The van der Waals surface area contributed by atoms with E-state index >= 15 is 0 Å². The molecule has 2 amide bonds. The first kappa shape index (κ1) is 15.3. The Morgan fingerprint density at radius 3 is 2.43 bits per heavy atom. The maximum atomic E-state index is 12.7. The van der Waals surface area contributed by atoms with E-state index in [1.54, 1.807) is 0 Å². The molecule has 21 heavy (non-hydrogen) atoms. The maximum Gasteiger partial charge on any atom is 0.251 e. The summed E-state index contributed by atoms with van der Waals surface area (Å²) in [6.07, 6.45) is -2.56. The van der Waals surface area contributed by atoms with E-state index < -0.39 is 18.1 Å². The minimum atomic E-state index is -2.36. The molecule has 4 nitrogen and oxygen atoms in total. The van der Waals surface area contributed by atoms with Crippen molar-refractivity contribution < 1.29 is 22.8 Å². The Kier molecular flexibility index (Phi) is 4.82. The summed E-state index contributed by atoms with van der Waals surface area (Å²) in [5.74, 6) is -1.40. The second-order valence-electron chi connectivity index (χ2n) is 4.98. The van der Waals surface area contributed by atoms with Crippen LogP contribution in [0.25, 0.3) is 0 Å². The molecule has 1 heterocycles. The van der Waals surface area contributed by atoms with Gasteiger partial charge >= 0.3 is 0 Å². The van der Waals surface area contributed by atoms with Crippen molar-refractivity contribution in [3.05, 3.63) is 35.6 Å². The molecule has 1 aliphatic heterocycles. The van der Waals surface area contributed by atoms with Crippen LogP contribution in [0.2, 0.25) is 0 Å². The standard InChI is InChI=1S/C14H15F3N2O2/c15-11-3-1-10(2-4-11)14(21)18-6-13(20)19-7-9(8-19)5-12(16)17/h1-4,9,12H,5-8H2,(H,18,21). The maximum absolute atomic E-state index is 12.7. The third kappa shape index (κ3) is 4.21. The van der Waals surface area contributed by atoms with Crippen LogP contribution in [0.3, 0.4) is 0 Å². The van der Waals surface area contributed by atoms with Gasteiger partial charge in [-0.1, -0.05) is 0 Å². The van der Waals surface area contributed by atoms with Crippen molar-refractivity contribution in [1.29, 1.82) is 0 Å². The highest BCUT2D eigenvalue weighted by molar-refractivity contribution is 5.96. The molecule has 0 aromatic heterocycles. The lowest BCUT2D eigenvalue weighted by Gasteiger charge is -2.39. The van der Waals surface area contributed by atoms with Gasteiger partial charge in [-0.3, -0.25) is 9.59 Å². The van der Waals surface area contributed by atoms with Crippen LogP contribution in [0.5, 0.6) is 0 Å². The summed E-state index contributed by atoms with van der Waals surface area (Å²) < 4.78 is 36.9. The fraction of sp³-hybridized carbons (Fsp3) is 0.429. The molecule has 1 N–H and O–H groups in total. The molecule has 1 aromatic rings. The van der Waals surface area contributed by atoms with Crippen LogP contribution in [-0.4, -0.2) is 42.8 Å². The zero-order valence-corrected chi connectivity index (χ0v) is 11.2. The van der Waals surface area contributed by atoms with E-state index in [9.17, 15) is 22.8 Å². The summed E-state index contributed by atoms with van der Waals surface area (Å²) in [4.78, 5) is 24.8. The molecule has 0 radical (unpaired) electrons. The normalized spacial score (nSPS) is 15.0. The Labute approximate surface area is 119 Å². The van der Waals surface area contributed by atoms with Crippen molar-refractivity contribution in [3.63, 3.8) is 0 Å². The predicted octanol–water partition coefficient (Wildman–Crippen LogP) is 1.67. The molecular formula is C14H15F3N2O2. The van der Waals surface area contributed by atoms with Gasteiger partial charge in [0.1, 0.15) is 5.82 Å². The Bertz CT molecular complexity index is 513. The van der Waals surface area contributed by atoms with Crippen LogP contribution < -0.4 is 5.32 Å². The highest BCUT2D eigenvalue weighted by Crippen LogP contribution is 2.22. The predicted molar refractivity (Wildman–Crippen MR) is 69.4 cm³/mol. The number of hydrogen-bond donors (Lipinski definition) is 1. The molecule has 0 atom stereocenters. The van der Waals surface area contributed by atoms with Gasteiger partial charge in [-0.25, -0.2) is 13.2 Å². The number of hydrogen-bond acceptors (Lipinski definition) is 2. The van der Waals surface area contributed by atoms with Gasteiger partial charge in [0.05, 0.1) is 6.54 Å². The van der Waals surface area contributed by atoms with Crippen LogP contribution in [0.4, 0.5) is 13.2 Å². The third-order valence-corrected chi connectivity index (χ3v) is 3.33. The summed E-state index contributed by atoms with van der Waals surface area (Å²) >= 11 is 0. The van der Waals surface area contributed by atoms with Crippen LogP contribution in [0.1, 0.15) is 16.8 Å². The van der Waals surface area contributed by atoms with E-state index in [-0.39, 0.29) is 30.4 Å². The fourth-order valence-electron chi connectivity index (χ4n) is 2.15. The van der Waals surface area contributed by atoms with Crippen LogP contribution in [-0.2, 0) is 4.79 Å². The lowest BCUT2D eigenvalue weighted by atomic mass is 9.96. The van der Waals surface area contributed by atoms with Gasteiger partial charge in [0.15, 0.2) is 0 Å². The average Bonchev–Trinajstić information content (AvgIpc) is 2.40. The van der Waals surface area contributed by atoms with Crippen molar-refractivity contribution in [2.45, 2.75) is 12.8 Å². The summed E-state index contributed by atoms with van der Waals surface area (Å²) in [5, 5.41) is 2.42. The SMILES string of the molecule is O=C(NCC(=O)N1CC(CC(F)F)C1)c1ccc(F)cc1. The monoisotopic (exact) mass is 300 g/mol. The molecule has 0 saturated carbocycles. The molecule has 7 heteroatoms. The van der Waals surface area contributed by atoms with Crippen LogP contribution >= 0.6 is 0 Å². The number of rotatable bonds is 5. The Balaban J connectivity index is 1.72. The number of nitrogens with zero attached hydrogens (tertiary/aromatic N) is 1. The van der Waals surface area contributed by atoms with Crippen molar-refractivity contribution in [2.24, 2.45) is 5.92 Å². The number of amides is 2. The van der Waals surface area contributed by atoms with Gasteiger partial charge in [-0.2, -0.15) is 0 Å². The number of halogens is 3. The smallest absolute Gasteiger partial charge is 0.251 e. The number of alkyl halides is 2. The average molecular weight is 300 g/mol. The minimum absolute atomic E-state index is 0.165. The lowest BCUT2D eigenvalue weighted by molar-refractivity contribution is -0.137. The van der Waals surface area contributed by atoms with Crippen LogP contribution in [0.15, 0.2) is 24.3 Å². The first-order valence-corrected chi connectivity index (χ1v) is 6.55. The van der Waals surface area contributed by atoms with Gasteiger partial charge in [0.2, 0.25) is 12.3 Å². The second kappa shape index (κ2) is 6.60. The van der Waals surface area contributed by atoms with Gasteiger partial charge in [0.25, 0.3) is 5.91 Å². The van der Waals surface area contributed by atoms with E-state index in [0.717, 1.165) is 12.1 Å². The van der Waals surface area contributed by atoms with E-state index in [1.165, 1.54) is 17.0 Å². The van der Waals surface area contributed by atoms with Crippen molar-refractivity contribution in [2.75, 3.05) is 19.6 Å². The molecule has 0 aliphatic carbocycles. The van der Waals surface area contributed by atoms with Crippen LogP contribution in [0, 0.1) is 11.7 Å². The molecule has 1 fully saturated rings. The zero-order chi connectivity index (χ0) is 15.4. The van der Waals surface area contributed by atoms with E-state index in [1.807, 2.05) is 0 Å². The topological polar surface area (TPSA) is 49.4 Å². The van der Waals surface area contributed by atoms with Gasteiger partial charge in [-0.15, -0.1) is 0 Å². The first-order valence-electron chi connectivity index (χ1n) is 6.55. The molecule has 1 aliphatic rings. The lowest BCUT2D eigenvalue weighted by Crippen LogP contribution is -2.53. The minimum Gasteiger partial charge on any atom is -0.343 e. The fourth-order valence-corrected chi connectivity index (χ4v) is 2.15. The molecule has 1 saturated heterocycles. The quantitative estimate of drug-likeness (QED) is 0.899. The highest BCUT2D eigenvalue weighted by Gasteiger charge is 2.32. The van der Waals surface area contributed by atoms with E-state index in [0.29, 0.717) is 13.1 Å². The molecule has 0 spiro atoms. The number of benzene rings is 1. The summed E-state index contributed by atoms with van der Waals surface area (Å²) in [6.45, 7) is 0.406. The summed E-state index contributed by atoms with van der Waals surface area (Å²) in [7, 11) is 0. The zero-order valence-electron chi connectivity index (χ0n) is 11.2.